The quantitative estimate of drug-likeness (QED) is 0.833. The maximum atomic E-state index is 12.6. The lowest BCUT2D eigenvalue weighted by atomic mass is 10.0. The van der Waals surface area contributed by atoms with Gasteiger partial charge in [-0.05, 0) is 19.8 Å². The molecule has 0 aliphatic carbocycles. The summed E-state index contributed by atoms with van der Waals surface area (Å²) in [4.78, 5) is 17.1. The molecular weight excluding hydrogens is 316 g/mol. The van der Waals surface area contributed by atoms with E-state index in [1.165, 1.54) is 0 Å². The van der Waals surface area contributed by atoms with Crippen LogP contribution in [0.3, 0.4) is 0 Å². The number of aromatic nitrogens is 2. The van der Waals surface area contributed by atoms with Crippen LogP contribution in [0, 0.1) is 19.8 Å². The Bertz CT molecular complexity index is 583. The van der Waals surface area contributed by atoms with Gasteiger partial charge in [-0.1, -0.05) is 18.5 Å². The zero-order valence-corrected chi connectivity index (χ0v) is 14.8. The highest BCUT2D eigenvalue weighted by Crippen LogP contribution is 2.24. The Kier molecular flexibility index (Phi) is 4.94. The van der Waals surface area contributed by atoms with Crippen LogP contribution in [0.1, 0.15) is 18.3 Å². The summed E-state index contributed by atoms with van der Waals surface area (Å²) < 4.78 is 7.14. The van der Waals surface area contributed by atoms with Crippen molar-refractivity contribution in [3.05, 3.63) is 16.4 Å². The SMILES string of the molecule is Cc1nn(CC(=O)N2C[C@H](C)[C@@H](N3CCOCC3)C2)c(C)c1Cl. The van der Waals surface area contributed by atoms with Gasteiger partial charge in [0, 0.05) is 32.2 Å². The molecule has 6 nitrogen and oxygen atoms in total. The predicted molar refractivity (Wildman–Crippen MR) is 88.6 cm³/mol. The minimum absolute atomic E-state index is 0.120. The van der Waals surface area contributed by atoms with E-state index in [4.69, 9.17) is 16.3 Å². The molecule has 0 aromatic carbocycles. The zero-order valence-electron chi connectivity index (χ0n) is 14.1. The average Bonchev–Trinajstić information content (AvgIpc) is 3.05. The maximum Gasteiger partial charge on any atom is 0.244 e. The number of halogens is 1. The molecule has 2 fully saturated rings. The summed E-state index contributed by atoms with van der Waals surface area (Å²) in [6.45, 7) is 11.4. The van der Waals surface area contributed by atoms with Crippen LogP contribution in [-0.2, 0) is 16.1 Å². The highest BCUT2D eigenvalue weighted by Gasteiger charge is 2.36. The Morgan fingerprint density at radius 2 is 2.00 bits per heavy atom. The van der Waals surface area contributed by atoms with Gasteiger partial charge < -0.3 is 9.64 Å². The van der Waals surface area contributed by atoms with Gasteiger partial charge in [-0.15, -0.1) is 0 Å². The second-order valence-corrected chi connectivity index (χ2v) is 7.01. The Morgan fingerprint density at radius 1 is 1.30 bits per heavy atom. The van der Waals surface area contributed by atoms with Crippen molar-refractivity contribution in [1.82, 2.24) is 19.6 Å². The average molecular weight is 341 g/mol. The third-order valence-corrected chi connectivity index (χ3v) is 5.57. The van der Waals surface area contributed by atoms with Crippen LogP contribution < -0.4 is 0 Å². The first-order valence-corrected chi connectivity index (χ1v) is 8.64. The number of likely N-dealkylation sites (tertiary alicyclic amines) is 1. The van der Waals surface area contributed by atoms with Gasteiger partial charge in [0.15, 0.2) is 0 Å². The fourth-order valence-electron chi connectivity index (χ4n) is 3.59. The van der Waals surface area contributed by atoms with Crippen LogP contribution in [-0.4, -0.2) is 70.9 Å². The van der Waals surface area contributed by atoms with Gasteiger partial charge >= 0.3 is 0 Å². The molecule has 2 aliphatic heterocycles. The first-order chi connectivity index (χ1) is 11.0. The normalized spacial score (nSPS) is 26.0. The summed E-state index contributed by atoms with van der Waals surface area (Å²) in [5.74, 6) is 0.607. The Morgan fingerprint density at radius 3 is 2.61 bits per heavy atom. The number of ether oxygens (including phenoxy) is 1. The van der Waals surface area contributed by atoms with E-state index < -0.39 is 0 Å². The molecule has 0 unspecified atom stereocenters. The van der Waals surface area contributed by atoms with E-state index >= 15 is 0 Å². The summed E-state index contributed by atoms with van der Waals surface area (Å²) in [6.07, 6.45) is 0. The van der Waals surface area contributed by atoms with E-state index in [1.54, 1.807) is 4.68 Å². The van der Waals surface area contributed by atoms with Crippen molar-refractivity contribution in [3.8, 4) is 0 Å². The molecule has 2 aliphatic rings. The van der Waals surface area contributed by atoms with E-state index in [1.807, 2.05) is 18.7 Å². The molecule has 0 radical (unpaired) electrons. The molecule has 23 heavy (non-hydrogen) atoms. The molecule has 0 bridgehead atoms. The molecule has 0 spiro atoms. The molecular formula is C16H25ClN4O2. The molecule has 2 atom stereocenters. The molecule has 2 saturated heterocycles. The first kappa shape index (κ1) is 16.7. The number of aryl methyl sites for hydroxylation is 1. The molecule has 0 N–H and O–H groups in total. The van der Waals surface area contributed by atoms with Crippen molar-refractivity contribution < 1.29 is 9.53 Å². The second kappa shape index (κ2) is 6.79. The number of rotatable bonds is 3. The zero-order chi connectivity index (χ0) is 16.6. The number of morpholine rings is 1. The molecule has 3 rings (SSSR count). The van der Waals surface area contributed by atoms with Crippen LogP contribution in [0.4, 0.5) is 0 Å². The van der Waals surface area contributed by atoms with Crippen LogP contribution in [0.2, 0.25) is 5.02 Å². The smallest absolute Gasteiger partial charge is 0.244 e. The van der Waals surface area contributed by atoms with Gasteiger partial charge in [-0.25, -0.2) is 0 Å². The van der Waals surface area contributed by atoms with E-state index in [9.17, 15) is 4.79 Å². The summed E-state index contributed by atoms with van der Waals surface area (Å²) in [5, 5.41) is 5.01. The predicted octanol–water partition coefficient (Wildman–Crippen LogP) is 1.33. The van der Waals surface area contributed by atoms with Gasteiger partial charge in [0.25, 0.3) is 0 Å². The number of carbonyl (C=O) groups excluding carboxylic acids is 1. The van der Waals surface area contributed by atoms with Crippen molar-refractivity contribution >= 4 is 17.5 Å². The number of nitrogens with zero attached hydrogens (tertiary/aromatic N) is 4. The van der Waals surface area contributed by atoms with E-state index in [0.717, 1.165) is 50.8 Å². The molecule has 0 saturated carbocycles. The maximum absolute atomic E-state index is 12.6. The molecule has 128 valence electrons. The van der Waals surface area contributed by atoms with Crippen molar-refractivity contribution in [3.63, 3.8) is 0 Å². The number of hydrogen-bond donors (Lipinski definition) is 0. The lowest BCUT2D eigenvalue weighted by Gasteiger charge is -2.34. The van der Waals surface area contributed by atoms with Gasteiger partial charge in [0.1, 0.15) is 6.54 Å². The minimum atomic E-state index is 0.120. The Hall–Kier alpha value is -1.11. The number of hydrogen-bond acceptors (Lipinski definition) is 4. The Labute approximate surface area is 142 Å². The van der Waals surface area contributed by atoms with Gasteiger partial charge in [0.05, 0.1) is 29.6 Å². The van der Waals surface area contributed by atoms with Crippen molar-refractivity contribution in [2.24, 2.45) is 5.92 Å². The first-order valence-electron chi connectivity index (χ1n) is 8.26. The monoisotopic (exact) mass is 340 g/mol. The summed E-state index contributed by atoms with van der Waals surface area (Å²) >= 11 is 6.16. The molecule has 1 aromatic heterocycles. The van der Waals surface area contributed by atoms with Crippen LogP contribution in [0.15, 0.2) is 0 Å². The van der Waals surface area contributed by atoms with Gasteiger partial charge in [0.2, 0.25) is 5.91 Å². The van der Waals surface area contributed by atoms with Gasteiger partial charge in [-0.2, -0.15) is 5.10 Å². The standard InChI is InChI=1S/C16H25ClN4O2/c1-11-8-20(9-14(11)19-4-6-23-7-5-19)15(22)10-21-13(3)16(17)12(2)18-21/h11,14H,4-10H2,1-3H3/t11-,14-/m0/s1. The molecule has 1 aromatic rings. The van der Waals surface area contributed by atoms with Crippen LogP contribution in [0.25, 0.3) is 0 Å². The topological polar surface area (TPSA) is 50.6 Å². The largest absolute Gasteiger partial charge is 0.379 e. The molecule has 7 heteroatoms. The number of carbonyl (C=O) groups is 1. The minimum Gasteiger partial charge on any atom is -0.379 e. The van der Waals surface area contributed by atoms with E-state index in [2.05, 4.69) is 16.9 Å². The lowest BCUT2D eigenvalue weighted by molar-refractivity contribution is -0.131. The van der Waals surface area contributed by atoms with Crippen molar-refractivity contribution in [2.75, 3.05) is 39.4 Å². The van der Waals surface area contributed by atoms with Gasteiger partial charge in [-0.3, -0.25) is 14.4 Å². The fraction of sp³-hybridized carbons (Fsp3) is 0.750. The van der Waals surface area contributed by atoms with E-state index in [-0.39, 0.29) is 12.5 Å². The lowest BCUT2D eigenvalue weighted by Crippen LogP contribution is -2.47. The summed E-state index contributed by atoms with van der Waals surface area (Å²) in [5.41, 5.74) is 1.63. The Balaban J connectivity index is 1.63. The second-order valence-electron chi connectivity index (χ2n) is 6.63. The third kappa shape index (κ3) is 3.39. The van der Waals surface area contributed by atoms with Crippen molar-refractivity contribution in [2.45, 2.75) is 33.4 Å². The highest BCUT2D eigenvalue weighted by molar-refractivity contribution is 6.31. The van der Waals surface area contributed by atoms with Crippen LogP contribution in [0.5, 0.6) is 0 Å². The van der Waals surface area contributed by atoms with Crippen LogP contribution >= 0.6 is 11.6 Å². The fourth-order valence-corrected chi connectivity index (χ4v) is 3.73. The highest BCUT2D eigenvalue weighted by atomic mass is 35.5. The molecule has 1 amide bonds. The number of amides is 1. The summed E-state index contributed by atoms with van der Waals surface area (Å²) in [7, 11) is 0. The van der Waals surface area contributed by atoms with Crippen molar-refractivity contribution in [1.29, 1.82) is 0 Å². The third-order valence-electron chi connectivity index (χ3n) is 5.02. The summed E-state index contributed by atoms with van der Waals surface area (Å²) in [6, 6.07) is 0.437. The molecule has 3 heterocycles. The van der Waals surface area contributed by atoms with E-state index in [0.29, 0.717) is 17.0 Å².